The summed E-state index contributed by atoms with van der Waals surface area (Å²) in [4.78, 5) is 22.1. The summed E-state index contributed by atoms with van der Waals surface area (Å²) in [6.45, 7) is 2.08. The fourth-order valence-electron chi connectivity index (χ4n) is 1.75. The molecule has 3 nitrogen and oxygen atoms in total. The van der Waals surface area contributed by atoms with Crippen LogP contribution in [-0.4, -0.2) is 11.9 Å². The Kier molecular flexibility index (Phi) is 1.53. The van der Waals surface area contributed by atoms with Gasteiger partial charge in [-0.1, -0.05) is 6.92 Å². The van der Waals surface area contributed by atoms with E-state index in [1.165, 1.54) is 0 Å². The third kappa shape index (κ3) is 0.967. The first-order chi connectivity index (χ1) is 5.68. The Balaban J connectivity index is 2.35. The molecule has 3 heteroatoms. The van der Waals surface area contributed by atoms with E-state index in [1.807, 2.05) is 0 Å². The first kappa shape index (κ1) is 7.53. The largest absolute Gasteiger partial charge is 0.386 e. The van der Waals surface area contributed by atoms with Gasteiger partial charge in [-0.25, -0.2) is 9.59 Å². The predicted molar refractivity (Wildman–Crippen MR) is 41.1 cm³/mol. The van der Waals surface area contributed by atoms with Crippen LogP contribution >= 0.6 is 0 Å². The van der Waals surface area contributed by atoms with Gasteiger partial charge in [0.15, 0.2) is 0 Å². The minimum atomic E-state index is -0.415. The van der Waals surface area contributed by atoms with Gasteiger partial charge >= 0.3 is 11.9 Å². The third-order valence-corrected chi connectivity index (χ3v) is 2.48. The zero-order valence-corrected chi connectivity index (χ0v) is 6.92. The molecule has 1 aliphatic carbocycles. The molecule has 1 aliphatic heterocycles. The summed E-state index contributed by atoms with van der Waals surface area (Å²) < 4.78 is 4.50. The quantitative estimate of drug-likeness (QED) is 0.401. The molecule has 64 valence electrons. The molecule has 1 unspecified atom stereocenters. The van der Waals surface area contributed by atoms with Crippen molar-refractivity contribution in [1.29, 1.82) is 0 Å². The molecule has 0 saturated carbocycles. The van der Waals surface area contributed by atoms with Crippen molar-refractivity contribution in [3.63, 3.8) is 0 Å². The van der Waals surface area contributed by atoms with Gasteiger partial charge in [-0.3, -0.25) is 0 Å². The van der Waals surface area contributed by atoms with Crippen molar-refractivity contribution in [2.45, 2.75) is 26.2 Å². The highest BCUT2D eigenvalue weighted by Crippen LogP contribution is 2.34. The van der Waals surface area contributed by atoms with Crippen LogP contribution in [0.1, 0.15) is 26.2 Å². The Morgan fingerprint density at radius 1 is 1.25 bits per heavy atom. The van der Waals surface area contributed by atoms with Crippen LogP contribution in [0.3, 0.4) is 0 Å². The van der Waals surface area contributed by atoms with E-state index in [1.54, 1.807) is 0 Å². The molecule has 1 atom stereocenters. The number of hydrogen-bond donors (Lipinski definition) is 0. The molecule has 0 radical (unpaired) electrons. The number of hydrogen-bond acceptors (Lipinski definition) is 3. The van der Waals surface area contributed by atoms with Gasteiger partial charge in [0.05, 0.1) is 0 Å². The van der Waals surface area contributed by atoms with E-state index in [0.717, 1.165) is 6.42 Å². The van der Waals surface area contributed by atoms with Crippen LogP contribution in [0, 0.1) is 5.92 Å². The van der Waals surface area contributed by atoms with E-state index in [9.17, 15) is 9.59 Å². The van der Waals surface area contributed by atoms with Crippen LogP contribution in [0.15, 0.2) is 11.1 Å². The molecule has 0 saturated heterocycles. The minimum absolute atomic E-state index is 0.415. The number of esters is 2. The van der Waals surface area contributed by atoms with Crippen molar-refractivity contribution in [2.24, 2.45) is 5.92 Å². The zero-order chi connectivity index (χ0) is 8.72. The van der Waals surface area contributed by atoms with Gasteiger partial charge in [0.1, 0.15) is 0 Å². The van der Waals surface area contributed by atoms with E-state index < -0.39 is 11.9 Å². The van der Waals surface area contributed by atoms with Gasteiger partial charge in [-0.15, -0.1) is 0 Å². The maximum absolute atomic E-state index is 11.1. The first-order valence-corrected chi connectivity index (χ1v) is 4.17. The average Bonchev–Trinajstić information content (AvgIpc) is 2.28. The molecule has 0 bridgehead atoms. The molecule has 2 rings (SSSR count). The summed E-state index contributed by atoms with van der Waals surface area (Å²) >= 11 is 0. The SMILES string of the molecule is CC1CCC2=C(C1)C(=O)OC2=O. The number of carbonyl (C=O) groups is 2. The van der Waals surface area contributed by atoms with Crippen molar-refractivity contribution in [2.75, 3.05) is 0 Å². The van der Waals surface area contributed by atoms with Gasteiger partial charge in [0.25, 0.3) is 0 Å². The fraction of sp³-hybridized carbons (Fsp3) is 0.556. The Morgan fingerprint density at radius 2 is 1.92 bits per heavy atom. The highest BCUT2D eigenvalue weighted by Gasteiger charge is 2.35. The van der Waals surface area contributed by atoms with Crippen molar-refractivity contribution < 1.29 is 14.3 Å². The summed E-state index contributed by atoms with van der Waals surface area (Å²) in [5, 5.41) is 0. The molecule has 2 aliphatic rings. The normalized spacial score (nSPS) is 28.9. The number of cyclic esters (lactones) is 2. The second-order valence-corrected chi connectivity index (χ2v) is 3.48. The molecule has 0 fully saturated rings. The maximum Gasteiger partial charge on any atom is 0.342 e. The van der Waals surface area contributed by atoms with Crippen LogP contribution in [0.5, 0.6) is 0 Å². The summed E-state index contributed by atoms with van der Waals surface area (Å²) in [5.74, 6) is -0.328. The smallest absolute Gasteiger partial charge is 0.342 e. The second-order valence-electron chi connectivity index (χ2n) is 3.48. The molecular weight excluding hydrogens is 156 g/mol. The monoisotopic (exact) mass is 166 g/mol. The molecule has 0 N–H and O–H groups in total. The van der Waals surface area contributed by atoms with Crippen LogP contribution in [-0.2, 0) is 14.3 Å². The van der Waals surface area contributed by atoms with Crippen LogP contribution < -0.4 is 0 Å². The molecular formula is C9H10O3. The standard InChI is InChI=1S/C9H10O3/c1-5-2-3-6-7(4-5)9(11)12-8(6)10/h5H,2-4H2,1H3. The van der Waals surface area contributed by atoms with Gasteiger partial charge < -0.3 is 4.74 Å². The highest BCUT2D eigenvalue weighted by molar-refractivity contribution is 6.12. The number of carbonyl (C=O) groups excluding carboxylic acids is 2. The number of ether oxygens (including phenoxy) is 1. The van der Waals surface area contributed by atoms with Gasteiger partial charge in [0.2, 0.25) is 0 Å². The summed E-state index contributed by atoms with van der Waals surface area (Å²) in [5.41, 5.74) is 1.25. The lowest BCUT2D eigenvalue weighted by Crippen LogP contribution is -2.09. The first-order valence-electron chi connectivity index (χ1n) is 4.17. The Labute approximate surface area is 70.4 Å². The lowest BCUT2D eigenvalue weighted by molar-refractivity contribution is -0.151. The molecule has 0 amide bonds. The Bertz CT molecular complexity index is 288. The molecule has 0 aromatic heterocycles. The molecule has 0 aromatic carbocycles. The molecule has 0 spiro atoms. The predicted octanol–water partition coefficient (Wildman–Crippen LogP) is 1.19. The topological polar surface area (TPSA) is 43.4 Å². The van der Waals surface area contributed by atoms with Crippen LogP contribution in [0.4, 0.5) is 0 Å². The van der Waals surface area contributed by atoms with Crippen molar-refractivity contribution in [1.82, 2.24) is 0 Å². The van der Waals surface area contributed by atoms with Crippen molar-refractivity contribution in [3.8, 4) is 0 Å². The summed E-state index contributed by atoms with van der Waals surface area (Å²) in [7, 11) is 0. The van der Waals surface area contributed by atoms with Gasteiger partial charge in [-0.2, -0.15) is 0 Å². The second kappa shape index (κ2) is 2.44. The molecule has 12 heavy (non-hydrogen) atoms. The van der Waals surface area contributed by atoms with Gasteiger partial charge in [0, 0.05) is 11.1 Å². The van der Waals surface area contributed by atoms with E-state index in [0.29, 0.717) is 29.9 Å². The summed E-state index contributed by atoms with van der Waals surface area (Å²) in [6.07, 6.45) is 2.40. The van der Waals surface area contributed by atoms with E-state index in [-0.39, 0.29) is 0 Å². The summed E-state index contributed by atoms with van der Waals surface area (Å²) in [6, 6.07) is 0. The molecule has 1 heterocycles. The average molecular weight is 166 g/mol. The fourth-order valence-corrected chi connectivity index (χ4v) is 1.75. The Hall–Kier alpha value is -1.12. The van der Waals surface area contributed by atoms with E-state index in [2.05, 4.69) is 11.7 Å². The zero-order valence-electron chi connectivity index (χ0n) is 6.92. The Morgan fingerprint density at radius 3 is 2.67 bits per heavy atom. The minimum Gasteiger partial charge on any atom is -0.386 e. The van der Waals surface area contributed by atoms with Crippen LogP contribution in [0.2, 0.25) is 0 Å². The third-order valence-electron chi connectivity index (χ3n) is 2.48. The number of rotatable bonds is 0. The van der Waals surface area contributed by atoms with E-state index >= 15 is 0 Å². The lowest BCUT2D eigenvalue weighted by Gasteiger charge is -2.15. The van der Waals surface area contributed by atoms with Gasteiger partial charge in [-0.05, 0) is 25.2 Å². The maximum atomic E-state index is 11.1. The highest BCUT2D eigenvalue weighted by atomic mass is 16.6. The molecule has 0 aromatic rings. The van der Waals surface area contributed by atoms with Crippen molar-refractivity contribution >= 4 is 11.9 Å². The van der Waals surface area contributed by atoms with Crippen LogP contribution in [0.25, 0.3) is 0 Å². The van der Waals surface area contributed by atoms with E-state index in [4.69, 9.17) is 0 Å². The van der Waals surface area contributed by atoms with Crippen molar-refractivity contribution in [3.05, 3.63) is 11.1 Å². The lowest BCUT2D eigenvalue weighted by atomic mass is 9.86.